The summed E-state index contributed by atoms with van der Waals surface area (Å²) in [5.41, 5.74) is 0. The minimum atomic E-state index is 0.901. The molecule has 0 bridgehead atoms. The van der Waals surface area contributed by atoms with Crippen LogP contribution in [0, 0.1) is 5.92 Å². The average molecular weight is 242 g/mol. The van der Waals surface area contributed by atoms with Gasteiger partial charge in [0.25, 0.3) is 0 Å². The molecule has 0 saturated heterocycles. The third-order valence-corrected chi connectivity index (χ3v) is 3.55. The van der Waals surface area contributed by atoms with E-state index in [0.29, 0.717) is 0 Å². The van der Waals surface area contributed by atoms with Gasteiger partial charge in [-0.3, -0.25) is 0 Å². The van der Waals surface area contributed by atoms with E-state index in [2.05, 4.69) is 37.9 Å². The Kier molecular flexibility index (Phi) is 12.3. The van der Waals surface area contributed by atoms with E-state index in [1.54, 1.807) is 0 Å². The first-order valence-electron chi connectivity index (χ1n) is 7.71. The fraction of sp³-hybridized carbons (Fsp3) is 1.00. The molecule has 1 N–H and O–H groups in total. The summed E-state index contributed by atoms with van der Waals surface area (Å²) in [5.74, 6) is 0.901. The molecule has 2 heteroatoms. The fourth-order valence-corrected chi connectivity index (χ4v) is 2.44. The van der Waals surface area contributed by atoms with Crippen molar-refractivity contribution < 1.29 is 0 Å². The van der Waals surface area contributed by atoms with E-state index in [4.69, 9.17) is 0 Å². The first-order valence-corrected chi connectivity index (χ1v) is 7.71. The molecule has 0 amide bonds. The minimum absolute atomic E-state index is 0.901. The first kappa shape index (κ1) is 16.9. The molecule has 0 aliphatic rings. The highest BCUT2D eigenvalue weighted by Crippen LogP contribution is 2.11. The summed E-state index contributed by atoms with van der Waals surface area (Å²) in [7, 11) is 0. The molecule has 0 saturated carbocycles. The second-order valence-corrected chi connectivity index (χ2v) is 5.03. The van der Waals surface area contributed by atoms with E-state index in [1.165, 1.54) is 64.8 Å². The lowest BCUT2D eigenvalue weighted by molar-refractivity contribution is 0.295. The largest absolute Gasteiger partial charge is 0.316 e. The van der Waals surface area contributed by atoms with Crippen molar-refractivity contribution in [3.8, 4) is 0 Å². The topological polar surface area (TPSA) is 15.3 Å². The Morgan fingerprint density at radius 3 is 2.00 bits per heavy atom. The Hall–Kier alpha value is -0.0800. The van der Waals surface area contributed by atoms with Gasteiger partial charge in [0.15, 0.2) is 0 Å². The zero-order chi connectivity index (χ0) is 12.9. The van der Waals surface area contributed by atoms with Crippen LogP contribution in [0.3, 0.4) is 0 Å². The van der Waals surface area contributed by atoms with Gasteiger partial charge in [0.05, 0.1) is 0 Å². The van der Waals surface area contributed by atoms with Gasteiger partial charge in [-0.2, -0.15) is 0 Å². The van der Waals surface area contributed by atoms with E-state index in [9.17, 15) is 0 Å². The highest BCUT2D eigenvalue weighted by atomic mass is 15.1. The Labute approximate surface area is 109 Å². The summed E-state index contributed by atoms with van der Waals surface area (Å²) in [6.45, 7) is 15.1. The van der Waals surface area contributed by atoms with E-state index < -0.39 is 0 Å². The lowest BCUT2D eigenvalue weighted by Crippen LogP contribution is -2.29. The molecule has 0 aliphatic heterocycles. The molecule has 0 spiro atoms. The van der Waals surface area contributed by atoms with Gasteiger partial charge in [-0.15, -0.1) is 0 Å². The van der Waals surface area contributed by atoms with Crippen molar-refractivity contribution in [2.45, 2.75) is 59.8 Å². The van der Waals surface area contributed by atoms with Crippen molar-refractivity contribution >= 4 is 0 Å². The van der Waals surface area contributed by atoms with Gasteiger partial charge in [-0.25, -0.2) is 0 Å². The summed E-state index contributed by atoms with van der Waals surface area (Å²) in [6.07, 6.45) is 6.71. The van der Waals surface area contributed by atoms with E-state index >= 15 is 0 Å². The molecule has 0 fully saturated rings. The molecule has 17 heavy (non-hydrogen) atoms. The molecule has 0 aromatic heterocycles. The second-order valence-electron chi connectivity index (χ2n) is 5.03. The quantitative estimate of drug-likeness (QED) is 0.527. The molecular formula is C15H34N2. The predicted molar refractivity (Wildman–Crippen MR) is 78.6 cm³/mol. The molecule has 0 aromatic carbocycles. The van der Waals surface area contributed by atoms with Crippen LogP contribution in [0.25, 0.3) is 0 Å². The van der Waals surface area contributed by atoms with E-state index in [0.717, 1.165) is 5.92 Å². The molecule has 0 rings (SSSR count). The summed E-state index contributed by atoms with van der Waals surface area (Å²) < 4.78 is 0. The molecule has 2 nitrogen and oxygen atoms in total. The summed E-state index contributed by atoms with van der Waals surface area (Å²) in [6, 6.07) is 0. The first-order chi connectivity index (χ1) is 8.28. The van der Waals surface area contributed by atoms with E-state index in [-0.39, 0.29) is 0 Å². The van der Waals surface area contributed by atoms with Crippen LogP contribution in [0.4, 0.5) is 0 Å². The van der Waals surface area contributed by atoms with Gasteiger partial charge in [-0.1, -0.05) is 40.5 Å². The smallest absolute Gasteiger partial charge is 0.000687 e. The third kappa shape index (κ3) is 9.61. The molecular weight excluding hydrogens is 208 g/mol. The molecule has 0 unspecified atom stereocenters. The summed E-state index contributed by atoms with van der Waals surface area (Å²) in [5, 5.41) is 3.63. The molecule has 104 valence electrons. The van der Waals surface area contributed by atoms with Gasteiger partial charge in [0.1, 0.15) is 0 Å². The number of nitrogens with one attached hydrogen (secondary N) is 1. The van der Waals surface area contributed by atoms with Crippen LogP contribution in [-0.4, -0.2) is 37.6 Å². The normalized spacial score (nSPS) is 11.6. The summed E-state index contributed by atoms with van der Waals surface area (Å²) >= 11 is 0. The van der Waals surface area contributed by atoms with Crippen molar-refractivity contribution in [3.05, 3.63) is 0 Å². The maximum absolute atomic E-state index is 3.63. The Bertz CT molecular complexity index is 138. The fourth-order valence-electron chi connectivity index (χ4n) is 2.44. The average Bonchev–Trinajstić information content (AvgIpc) is 2.34. The van der Waals surface area contributed by atoms with Crippen molar-refractivity contribution in [1.82, 2.24) is 10.2 Å². The Balaban J connectivity index is 3.46. The number of nitrogens with zero attached hydrogens (tertiary/aromatic N) is 1. The zero-order valence-corrected chi connectivity index (χ0v) is 12.6. The zero-order valence-electron chi connectivity index (χ0n) is 12.6. The van der Waals surface area contributed by atoms with Crippen molar-refractivity contribution in [2.75, 3.05) is 32.7 Å². The third-order valence-electron chi connectivity index (χ3n) is 3.55. The number of hydrogen-bond donors (Lipinski definition) is 1. The number of hydrogen-bond acceptors (Lipinski definition) is 2. The minimum Gasteiger partial charge on any atom is -0.316 e. The lowest BCUT2D eigenvalue weighted by atomic mass is 9.98. The van der Waals surface area contributed by atoms with Crippen LogP contribution in [-0.2, 0) is 0 Å². The lowest BCUT2D eigenvalue weighted by Gasteiger charge is -2.19. The molecule has 0 radical (unpaired) electrons. The SMILES string of the molecule is CCCC(CCC)CNCCCN(CC)CC. The maximum Gasteiger partial charge on any atom is -0.000687 e. The van der Waals surface area contributed by atoms with Crippen LogP contribution in [0.5, 0.6) is 0 Å². The predicted octanol–water partition coefficient (Wildman–Crippen LogP) is 3.52. The van der Waals surface area contributed by atoms with Crippen LogP contribution in [0.15, 0.2) is 0 Å². The van der Waals surface area contributed by atoms with Crippen molar-refractivity contribution in [2.24, 2.45) is 5.92 Å². The van der Waals surface area contributed by atoms with Gasteiger partial charge >= 0.3 is 0 Å². The van der Waals surface area contributed by atoms with Crippen molar-refractivity contribution in [1.29, 1.82) is 0 Å². The van der Waals surface area contributed by atoms with Crippen LogP contribution in [0.2, 0.25) is 0 Å². The molecule has 0 aliphatic carbocycles. The van der Waals surface area contributed by atoms with E-state index in [1.807, 2.05) is 0 Å². The van der Waals surface area contributed by atoms with Crippen LogP contribution >= 0.6 is 0 Å². The highest BCUT2D eigenvalue weighted by Gasteiger charge is 2.05. The molecule has 0 atom stereocenters. The Morgan fingerprint density at radius 2 is 1.53 bits per heavy atom. The second kappa shape index (κ2) is 12.4. The highest BCUT2D eigenvalue weighted by molar-refractivity contribution is 4.62. The Morgan fingerprint density at radius 1 is 0.941 bits per heavy atom. The van der Waals surface area contributed by atoms with Crippen LogP contribution in [0.1, 0.15) is 59.8 Å². The van der Waals surface area contributed by atoms with Gasteiger partial charge in [0.2, 0.25) is 0 Å². The maximum atomic E-state index is 3.63. The molecule has 0 heterocycles. The van der Waals surface area contributed by atoms with Crippen LogP contribution < -0.4 is 5.32 Å². The number of rotatable bonds is 12. The van der Waals surface area contributed by atoms with Gasteiger partial charge in [0, 0.05) is 0 Å². The standard InChI is InChI=1S/C15H34N2/c1-5-10-15(11-6-2)14-16-12-9-13-17(7-3)8-4/h15-16H,5-14H2,1-4H3. The van der Waals surface area contributed by atoms with Crippen molar-refractivity contribution in [3.63, 3.8) is 0 Å². The van der Waals surface area contributed by atoms with Gasteiger partial charge in [-0.05, 0) is 57.9 Å². The summed E-state index contributed by atoms with van der Waals surface area (Å²) in [4.78, 5) is 2.50. The molecule has 0 aromatic rings. The monoisotopic (exact) mass is 242 g/mol. The van der Waals surface area contributed by atoms with Gasteiger partial charge < -0.3 is 10.2 Å².